The standard InChI is InChI=1S/C18H21NO5S/c1-22-14-9-13(18(20)21)10-15(23-2)17(14)24-7-6-19-5-3-16-12(11-19)4-8-25-16/h4,8-10H,3,5-7,11H2,1-2H3,(H,20,21). The zero-order valence-corrected chi connectivity index (χ0v) is 15.1. The Morgan fingerprint density at radius 3 is 2.64 bits per heavy atom. The van der Waals surface area contributed by atoms with Crippen molar-refractivity contribution in [3.63, 3.8) is 0 Å². The fourth-order valence-corrected chi connectivity index (χ4v) is 3.81. The maximum absolute atomic E-state index is 11.2. The SMILES string of the molecule is COc1cc(C(=O)O)cc(OC)c1OCCN1CCc2sccc2C1. The van der Waals surface area contributed by atoms with Gasteiger partial charge in [0.25, 0.3) is 0 Å². The molecule has 0 spiro atoms. The number of carboxylic acid groups (broad SMARTS) is 1. The molecule has 0 saturated carbocycles. The van der Waals surface area contributed by atoms with Crippen LogP contribution in [0, 0.1) is 0 Å². The molecule has 0 unspecified atom stereocenters. The van der Waals surface area contributed by atoms with E-state index in [2.05, 4.69) is 16.3 Å². The lowest BCUT2D eigenvalue weighted by molar-refractivity contribution is 0.0696. The van der Waals surface area contributed by atoms with Crippen molar-refractivity contribution in [3.05, 3.63) is 39.6 Å². The van der Waals surface area contributed by atoms with Crippen molar-refractivity contribution >= 4 is 17.3 Å². The molecule has 0 radical (unpaired) electrons. The number of fused-ring (bicyclic) bond motifs is 1. The van der Waals surface area contributed by atoms with E-state index in [9.17, 15) is 4.79 Å². The molecule has 1 aromatic heterocycles. The minimum Gasteiger partial charge on any atom is -0.493 e. The van der Waals surface area contributed by atoms with E-state index in [0.29, 0.717) is 23.9 Å². The van der Waals surface area contributed by atoms with Gasteiger partial charge in [0.15, 0.2) is 11.5 Å². The van der Waals surface area contributed by atoms with Crippen LogP contribution in [-0.4, -0.2) is 49.9 Å². The lowest BCUT2D eigenvalue weighted by atomic mass is 10.1. The first-order chi connectivity index (χ1) is 12.1. The van der Waals surface area contributed by atoms with Gasteiger partial charge in [-0.2, -0.15) is 0 Å². The monoisotopic (exact) mass is 363 g/mol. The van der Waals surface area contributed by atoms with Crippen LogP contribution < -0.4 is 14.2 Å². The van der Waals surface area contributed by atoms with Crippen LogP contribution in [0.15, 0.2) is 23.6 Å². The third kappa shape index (κ3) is 3.88. The number of hydrogen-bond donors (Lipinski definition) is 1. The van der Waals surface area contributed by atoms with Crippen LogP contribution in [0.3, 0.4) is 0 Å². The highest BCUT2D eigenvalue weighted by molar-refractivity contribution is 7.10. The second kappa shape index (κ2) is 7.76. The smallest absolute Gasteiger partial charge is 0.335 e. The summed E-state index contributed by atoms with van der Waals surface area (Å²) < 4.78 is 16.4. The zero-order chi connectivity index (χ0) is 17.8. The topological polar surface area (TPSA) is 68.2 Å². The molecule has 25 heavy (non-hydrogen) atoms. The molecule has 1 aromatic carbocycles. The van der Waals surface area contributed by atoms with E-state index >= 15 is 0 Å². The third-order valence-electron chi connectivity index (χ3n) is 4.25. The van der Waals surface area contributed by atoms with Crippen molar-refractivity contribution in [2.75, 3.05) is 33.9 Å². The number of aromatic carboxylic acids is 1. The van der Waals surface area contributed by atoms with Gasteiger partial charge in [0, 0.05) is 24.5 Å². The summed E-state index contributed by atoms with van der Waals surface area (Å²) in [5, 5.41) is 11.3. The first-order valence-electron chi connectivity index (χ1n) is 8.02. The highest BCUT2D eigenvalue weighted by atomic mass is 32.1. The summed E-state index contributed by atoms with van der Waals surface area (Å²) in [6.07, 6.45) is 1.08. The van der Waals surface area contributed by atoms with E-state index in [1.807, 2.05) is 11.3 Å². The van der Waals surface area contributed by atoms with Crippen molar-refractivity contribution in [1.82, 2.24) is 4.90 Å². The van der Waals surface area contributed by atoms with Crippen molar-refractivity contribution < 1.29 is 24.1 Å². The molecule has 0 aliphatic carbocycles. The molecule has 134 valence electrons. The van der Waals surface area contributed by atoms with Gasteiger partial charge in [0.05, 0.1) is 19.8 Å². The molecule has 0 bridgehead atoms. The zero-order valence-electron chi connectivity index (χ0n) is 14.3. The lowest BCUT2D eigenvalue weighted by Gasteiger charge is -2.26. The quantitative estimate of drug-likeness (QED) is 0.816. The molecule has 1 aliphatic rings. The Hall–Kier alpha value is -2.25. The Kier molecular flexibility index (Phi) is 5.45. The molecule has 6 nitrogen and oxygen atoms in total. The van der Waals surface area contributed by atoms with Crippen LogP contribution in [0.25, 0.3) is 0 Å². The molecule has 2 heterocycles. The van der Waals surface area contributed by atoms with E-state index < -0.39 is 5.97 Å². The van der Waals surface area contributed by atoms with Crippen LogP contribution in [0.1, 0.15) is 20.8 Å². The minimum absolute atomic E-state index is 0.0991. The van der Waals surface area contributed by atoms with Gasteiger partial charge in [-0.25, -0.2) is 4.79 Å². The van der Waals surface area contributed by atoms with Crippen molar-refractivity contribution in [2.45, 2.75) is 13.0 Å². The van der Waals surface area contributed by atoms with Gasteiger partial charge in [-0.15, -0.1) is 11.3 Å². The van der Waals surface area contributed by atoms with E-state index in [1.165, 1.54) is 36.8 Å². The van der Waals surface area contributed by atoms with Gasteiger partial charge in [-0.1, -0.05) is 0 Å². The Labute approximate surface area is 150 Å². The molecule has 7 heteroatoms. The number of ether oxygens (including phenoxy) is 3. The number of thiophene rings is 1. The molecule has 1 N–H and O–H groups in total. The normalized spacial score (nSPS) is 14.0. The van der Waals surface area contributed by atoms with Crippen LogP contribution in [0.5, 0.6) is 17.2 Å². The maximum Gasteiger partial charge on any atom is 0.335 e. The number of hydrogen-bond acceptors (Lipinski definition) is 6. The molecule has 0 atom stereocenters. The van der Waals surface area contributed by atoms with Gasteiger partial charge in [0.1, 0.15) is 6.61 Å². The summed E-state index contributed by atoms with van der Waals surface area (Å²) in [5.41, 5.74) is 1.50. The predicted octanol–water partition coefficient (Wildman–Crippen LogP) is 2.90. The van der Waals surface area contributed by atoms with Crippen LogP contribution in [0.2, 0.25) is 0 Å². The summed E-state index contributed by atoms with van der Waals surface area (Å²) in [6, 6.07) is 5.07. The van der Waals surface area contributed by atoms with E-state index in [-0.39, 0.29) is 5.56 Å². The van der Waals surface area contributed by atoms with Crippen LogP contribution in [-0.2, 0) is 13.0 Å². The molecule has 2 aromatic rings. The largest absolute Gasteiger partial charge is 0.493 e. The van der Waals surface area contributed by atoms with Gasteiger partial charge < -0.3 is 19.3 Å². The average Bonchev–Trinajstić information content (AvgIpc) is 3.09. The second-order valence-corrected chi connectivity index (χ2v) is 6.76. The van der Waals surface area contributed by atoms with Gasteiger partial charge in [-0.3, -0.25) is 4.90 Å². The number of nitrogens with zero attached hydrogens (tertiary/aromatic N) is 1. The summed E-state index contributed by atoms with van der Waals surface area (Å²) in [5.74, 6) is 0.109. The lowest BCUT2D eigenvalue weighted by Crippen LogP contribution is -2.33. The maximum atomic E-state index is 11.2. The van der Waals surface area contributed by atoms with Crippen LogP contribution in [0.4, 0.5) is 0 Å². The van der Waals surface area contributed by atoms with Crippen molar-refractivity contribution in [2.24, 2.45) is 0 Å². The fourth-order valence-electron chi connectivity index (χ4n) is 2.92. The number of rotatable bonds is 7. The van der Waals surface area contributed by atoms with E-state index in [0.717, 1.165) is 26.1 Å². The number of carboxylic acids is 1. The Bertz CT molecular complexity index is 733. The van der Waals surface area contributed by atoms with Gasteiger partial charge in [-0.05, 0) is 35.6 Å². The summed E-state index contributed by atoms with van der Waals surface area (Å²) in [6.45, 7) is 3.21. The Morgan fingerprint density at radius 1 is 1.28 bits per heavy atom. The number of benzene rings is 1. The number of carbonyl (C=O) groups is 1. The van der Waals surface area contributed by atoms with Gasteiger partial charge >= 0.3 is 5.97 Å². The molecule has 0 amide bonds. The van der Waals surface area contributed by atoms with E-state index in [1.54, 1.807) is 0 Å². The van der Waals surface area contributed by atoms with Gasteiger partial charge in [0.2, 0.25) is 5.75 Å². The molecule has 0 saturated heterocycles. The summed E-state index contributed by atoms with van der Waals surface area (Å²) >= 11 is 1.82. The second-order valence-electron chi connectivity index (χ2n) is 5.76. The minimum atomic E-state index is -1.04. The average molecular weight is 363 g/mol. The Morgan fingerprint density at radius 2 is 2.00 bits per heavy atom. The third-order valence-corrected chi connectivity index (χ3v) is 5.27. The van der Waals surface area contributed by atoms with Crippen molar-refractivity contribution in [3.8, 4) is 17.2 Å². The van der Waals surface area contributed by atoms with E-state index in [4.69, 9.17) is 19.3 Å². The highest BCUT2D eigenvalue weighted by Crippen LogP contribution is 2.38. The molecule has 0 fully saturated rings. The summed E-state index contributed by atoms with van der Waals surface area (Å²) in [4.78, 5) is 15.0. The highest BCUT2D eigenvalue weighted by Gasteiger charge is 2.19. The fraction of sp³-hybridized carbons (Fsp3) is 0.389. The first kappa shape index (κ1) is 17.6. The molecular weight excluding hydrogens is 342 g/mol. The first-order valence-corrected chi connectivity index (χ1v) is 8.90. The Balaban J connectivity index is 1.65. The predicted molar refractivity (Wildman–Crippen MR) is 95.3 cm³/mol. The summed E-state index contributed by atoms with van der Waals surface area (Å²) in [7, 11) is 2.96. The number of methoxy groups -OCH3 is 2. The molecule has 3 rings (SSSR count). The molecular formula is C18H21NO5S. The molecule has 1 aliphatic heterocycles. The van der Waals surface area contributed by atoms with Crippen LogP contribution >= 0.6 is 11.3 Å². The van der Waals surface area contributed by atoms with Crippen molar-refractivity contribution in [1.29, 1.82) is 0 Å².